The quantitative estimate of drug-likeness (QED) is 0.709. The summed E-state index contributed by atoms with van der Waals surface area (Å²) in [6, 6.07) is 3.92. The van der Waals surface area contributed by atoms with Gasteiger partial charge in [0, 0.05) is 18.3 Å². The van der Waals surface area contributed by atoms with Crippen LogP contribution < -0.4 is 0 Å². The number of aromatic nitrogens is 1. The SMILES string of the molecule is CC(=O)C(C)C(C)c1ccncc1. The minimum Gasteiger partial charge on any atom is -0.300 e. The van der Waals surface area contributed by atoms with Crippen LogP contribution in [0.3, 0.4) is 0 Å². The first-order valence-electron chi connectivity index (χ1n) is 4.53. The maximum Gasteiger partial charge on any atom is 0.133 e. The summed E-state index contributed by atoms with van der Waals surface area (Å²) in [7, 11) is 0. The van der Waals surface area contributed by atoms with Gasteiger partial charge in [-0.2, -0.15) is 0 Å². The minimum atomic E-state index is 0.0856. The van der Waals surface area contributed by atoms with Crippen LogP contribution >= 0.6 is 0 Å². The Bertz CT molecular complexity index is 281. The van der Waals surface area contributed by atoms with Crippen molar-refractivity contribution >= 4 is 5.78 Å². The van der Waals surface area contributed by atoms with Crippen LogP contribution in [0.5, 0.6) is 0 Å². The molecule has 2 atom stereocenters. The third-order valence-corrected chi connectivity index (χ3v) is 2.62. The molecule has 0 bridgehead atoms. The molecule has 0 N–H and O–H groups in total. The standard InChI is InChI=1S/C11H15NO/c1-8(10(3)13)9(2)11-4-6-12-7-5-11/h4-9H,1-3H3. The Labute approximate surface area is 79.0 Å². The van der Waals surface area contributed by atoms with Crippen molar-refractivity contribution in [1.29, 1.82) is 0 Å². The zero-order valence-electron chi connectivity index (χ0n) is 8.32. The molecule has 0 amide bonds. The molecule has 1 rings (SSSR count). The highest BCUT2D eigenvalue weighted by molar-refractivity contribution is 5.78. The first-order chi connectivity index (χ1) is 6.13. The molecule has 0 spiro atoms. The molecule has 0 aliphatic heterocycles. The highest BCUT2D eigenvalue weighted by Crippen LogP contribution is 2.23. The number of carbonyl (C=O) groups excluding carboxylic acids is 1. The number of pyridine rings is 1. The maximum absolute atomic E-state index is 11.1. The molecule has 0 radical (unpaired) electrons. The summed E-state index contributed by atoms with van der Waals surface area (Å²) in [5.41, 5.74) is 1.18. The lowest BCUT2D eigenvalue weighted by Crippen LogP contribution is -2.14. The molecular weight excluding hydrogens is 162 g/mol. The largest absolute Gasteiger partial charge is 0.300 e. The normalized spacial score (nSPS) is 15.0. The van der Waals surface area contributed by atoms with E-state index >= 15 is 0 Å². The fourth-order valence-corrected chi connectivity index (χ4v) is 1.31. The summed E-state index contributed by atoms with van der Waals surface area (Å²) in [5, 5.41) is 0. The van der Waals surface area contributed by atoms with Gasteiger partial charge in [0.05, 0.1) is 0 Å². The molecule has 2 nitrogen and oxygen atoms in total. The van der Waals surface area contributed by atoms with Crippen molar-refractivity contribution in [3.05, 3.63) is 30.1 Å². The zero-order chi connectivity index (χ0) is 9.84. The van der Waals surface area contributed by atoms with Gasteiger partial charge in [0.15, 0.2) is 0 Å². The Hall–Kier alpha value is -1.18. The monoisotopic (exact) mass is 177 g/mol. The van der Waals surface area contributed by atoms with E-state index in [0.29, 0.717) is 0 Å². The molecule has 0 aliphatic carbocycles. The summed E-state index contributed by atoms with van der Waals surface area (Å²) in [6.45, 7) is 5.68. The molecule has 0 aromatic carbocycles. The van der Waals surface area contributed by atoms with Gasteiger partial charge in [-0.3, -0.25) is 9.78 Å². The van der Waals surface area contributed by atoms with E-state index in [2.05, 4.69) is 11.9 Å². The fourth-order valence-electron chi connectivity index (χ4n) is 1.31. The van der Waals surface area contributed by atoms with E-state index in [-0.39, 0.29) is 17.6 Å². The molecular formula is C11H15NO. The zero-order valence-corrected chi connectivity index (χ0v) is 8.32. The lowest BCUT2D eigenvalue weighted by molar-refractivity contribution is -0.120. The van der Waals surface area contributed by atoms with E-state index in [1.165, 1.54) is 5.56 Å². The van der Waals surface area contributed by atoms with Gasteiger partial charge in [0.2, 0.25) is 0 Å². The molecule has 1 heterocycles. The Balaban J connectivity index is 2.79. The van der Waals surface area contributed by atoms with Crippen LogP contribution in [0, 0.1) is 5.92 Å². The van der Waals surface area contributed by atoms with Crippen LogP contribution in [0.15, 0.2) is 24.5 Å². The number of ketones is 1. The van der Waals surface area contributed by atoms with Crippen LogP contribution in [-0.4, -0.2) is 10.8 Å². The predicted octanol–water partition coefficient (Wildman–Crippen LogP) is 2.41. The lowest BCUT2D eigenvalue weighted by atomic mass is 9.87. The second-order valence-corrected chi connectivity index (χ2v) is 3.47. The van der Waals surface area contributed by atoms with Gasteiger partial charge < -0.3 is 0 Å². The fraction of sp³-hybridized carbons (Fsp3) is 0.455. The Kier molecular flexibility index (Phi) is 3.18. The molecule has 0 fully saturated rings. The van der Waals surface area contributed by atoms with E-state index < -0.39 is 0 Å². The van der Waals surface area contributed by atoms with Gasteiger partial charge in [-0.05, 0) is 30.5 Å². The average molecular weight is 177 g/mol. The summed E-state index contributed by atoms with van der Waals surface area (Å²) in [4.78, 5) is 15.1. The van der Waals surface area contributed by atoms with Gasteiger partial charge in [-0.15, -0.1) is 0 Å². The topological polar surface area (TPSA) is 30.0 Å². The third kappa shape index (κ3) is 2.38. The van der Waals surface area contributed by atoms with E-state index in [0.717, 1.165) is 0 Å². The Morgan fingerprint density at radius 2 is 1.85 bits per heavy atom. The summed E-state index contributed by atoms with van der Waals surface area (Å²) >= 11 is 0. The van der Waals surface area contributed by atoms with Gasteiger partial charge in [-0.25, -0.2) is 0 Å². The van der Waals surface area contributed by atoms with Crippen LogP contribution in [0.25, 0.3) is 0 Å². The molecule has 2 heteroatoms. The number of nitrogens with zero attached hydrogens (tertiary/aromatic N) is 1. The summed E-state index contributed by atoms with van der Waals surface area (Å²) in [6.07, 6.45) is 3.53. The van der Waals surface area contributed by atoms with Crippen molar-refractivity contribution in [2.45, 2.75) is 26.7 Å². The van der Waals surface area contributed by atoms with E-state index in [4.69, 9.17) is 0 Å². The van der Waals surface area contributed by atoms with Gasteiger partial charge in [-0.1, -0.05) is 13.8 Å². The minimum absolute atomic E-state index is 0.0856. The first-order valence-corrected chi connectivity index (χ1v) is 4.53. The summed E-state index contributed by atoms with van der Waals surface area (Å²) in [5.74, 6) is 0.604. The van der Waals surface area contributed by atoms with Gasteiger partial charge >= 0.3 is 0 Å². The second kappa shape index (κ2) is 4.17. The van der Waals surface area contributed by atoms with Crippen molar-refractivity contribution < 1.29 is 4.79 Å². The Morgan fingerprint density at radius 3 is 2.31 bits per heavy atom. The maximum atomic E-state index is 11.1. The van der Waals surface area contributed by atoms with Crippen LogP contribution in [0.1, 0.15) is 32.3 Å². The molecule has 70 valence electrons. The molecule has 2 unspecified atom stereocenters. The molecule has 0 aliphatic rings. The highest BCUT2D eigenvalue weighted by atomic mass is 16.1. The number of hydrogen-bond acceptors (Lipinski definition) is 2. The van der Waals surface area contributed by atoms with Crippen LogP contribution in [0.2, 0.25) is 0 Å². The second-order valence-electron chi connectivity index (χ2n) is 3.47. The van der Waals surface area contributed by atoms with Crippen LogP contribution in [0.4, 0.5) is 0 Å². The highest BCUT2D eigenvalue weighted by Gasteiger charge is 2.17. The molecule has 13 heavy (non-hydrogen) atoms. The molecule has 1 aromatic heterocycles. The number of Topliss-reactive ketones (excluding diaryl/α,β-unsaturated/α-hetero) is 1. The van der Waals surface area contributed by atoms with Crippen molar-refractivity contribution in [3.63, 3.8) is 0 Å². The average Bonchev–Trinajstić information content (AvgIpc) is 2.17. The van der Waals surface area contributed by atoms with Crippen molar-refractivity contribution in [3.8, 4) is 0 Å². The lowest BCUT2D eigenvalue weighted by Gasteiger charge is -2.16. The first kappa shape index (κ1) is 9.90. The smallest absolute Gasteiger partial charge is 0.133 e. The van der Waals surface area contributed by atoms with Crippen molar-refractivity contribution in [2.75, 3.05) is 0 Å². The van der Waals surface area contributed by atoms with E-state index in [9.17, 15) is 4.79 Å². The van der Waals surface area contributed by atoms with Gasteiger partial charge in [0.25, 0.3) is 0 Å². The number of carbonyl (C=O) groups is 1. The van der Waals surface area contributed by atoms with E-state index in [1.54, 1.807) is 19.3 Å². The van der Waals surface area contributed by atoms with E-state index in [1.807, 2.05) is 19.1 Å². The number of rotatable bonds is 3. The van der Waals surface area contributed by atoms with Crippen molar-refractivity contribution in [1.82, 2.24) is 4.98 Å². The third-order valence-electron chi connectivity index (χ3n) is 2.62. The summed E-state index contributed by atoms with van der Waals surface area (Å²) < 4.78 is 0. The number of hydrogen-bond donors (Lipinski definition) is 0. The molecule has 0 saturated carbocycles. The van der Waals surface area contributed by atoms with Gasteiger partial charge in [0.1, 0.15) is 5.78 Å². The predicted molar refractivity (Wildman–Crippen MR) is 52.5 cm³/mol. The molecule has 1 aromatic rings. The Morgan fingerprint density at radius 1 is 1.31 bits per heavy atom. The molecule has 0 saturated heterocycles. The van der Waals surface area contributed by atoms with Crippen LogP contribution in [-0.2, 0) is 4.79 Å². The van der Waals surface area contributed by atoms with Crippen molar-refractivity contribution in [2.24, 2.45) is 5.92 Å².